The molecule has 3 aliphatic carbocycles. The van der Waals surface area contributed by atoms with Crippen LogP contribution in [0.5, 0.6) is 0 Å². The van der Waals surface area contributed by atoms with Gasteiger partial charge in [-0.05, 0) is 79.3 Å². The van der Waals surface area contributed by atoms with Crippen molar-refractivity contribution < 1.29 is 19.1 Å². The third-order valence-corrected chi connectivity index (χ3v) is 9.72. The third-order valence-electron chi connectivity index (χ3n) is 7.95. The summed E-state index contributed by atoms with van der Waals surface area (Å²) in [5.41, 5.74) is 1.18. The summed E-state index contributed by atoms with van der Waals surface area (Å²) in [6, 6.07) is 15.4. The van der Waals surface area contributed by atoms with E-state index in [0.717, 1.165) is 17.0 Å². The maximum Gasteiger partial charge on any atom is 0.338 e. The van der Waals surface area contributed by atoms with E-state index in [1.807, 2.05) is 48.5 Å². The number of benzene rings is 2. The summed E-state index contributed by atoms with van der Waals surface area (Å²) in [5, 5.41) is 2.29. The number of esters is 2. The number of fused-ring (bicyclic) bond motifs is 5. The summed E-state index contributed by atoms with van der Waals surface area (Å²) in [5.74, 6) is 1.17. The average molecular weight is 482 g/mol. The van der Waals surface area contributed by atoms with Crippen LogP contribution >= 0.6 is 17.2 Å². The second kappa shape index (κ2) is 9.85. The molecule has 2 aromatic carbocycles. The minimum absolute atomic E-state index is 0.293. The lowest BCUT2D eigenvalue weighted by Gasteiger charge is -2.42. The molecule has 5 rings (SSSR count). The first-order valence-electron chi connectivity index (χ1n) is 12.1. The minimum atomic E-state index is -0.352. The topological polar surface area (TPSA) is 52.6 Å². The molecule has 0 N–H and O–H groups in total. The maximum absolute atomic E-state index is 13.1. The van der Waals surface area contributed by atoms with Gasteiger partial charge in [0.05, 0.1) is 11.1 Å². The molecule has 4 nitrogen and oxygen atoms in total. The molecule has 8 atom stereocenters. The third kappa shape index (κ3) is 4.50. The number of hydrogen-bond donors (Lipinski definition) is 0. The molecule has 0 aliphatic heterocycles. The largest absolute Gasteiger partial charge is 0.455 e. The number of ether oxygens (including phenoxy) is 2. The zero-order valence-corrected chi connectivity index (χ0v) is 21.3. The smallest absolute Gasteiger partial charge is 0.338 e. The van der Waals surface area contributed by atoms with Gasteiger partial charge in [-0.1, -0.05) is 54.3 Å². The fourth-order valence-corrected chi connectivity index (χ4v) is 7.58. The Morgan fingerprint density at radius 2 is 1.18 bits per heavy atom. The molecule has 3 fully saturated rings. The first kappa shape index (κ1) is 23.0. The highest BCUT2D eigenvalue weighted by atomic mass is 31.1. The van der Waals surface area contributed by atoms with E-state index in [9.17, 15) is 9.59 Å². The van der Waals surface area contributed by atoms with E-state index in [1.54, 1.807) is 0 Å². The molecule has 6 heteroatoms. The molecule has 0 aromatic heterocycles. The van der Waals surface area contributed by atoms with E-state index in [-0.39, 0.29) is 24.1 Å². The minimum Gasteiger partial charge on any atom is -0.455 e. The lowest BCUT2D eigenvalue weighted by molar-refractivity contribution is -0.0872. The van der Waals surface area contributed by atoms with Crippen LogP contribution in [0.15, 0.2) is 48.5 Å². The van der Waals surface area contributed by atoms with Crippen LogP contribution in [0.4, 0.5) is 0 Å². The number of carbonyl (C=O) groups is 2. The van der Waals surface area contributed by atoms with Crippen molar-refractivity contribution in [1.82, 2.24) is 0 Å². The van der Waals surface area contributed by atoms with Crippen molar-refractivity contribution in [3.63, 3.8) is 0 Å². The molecule has 33 heavy (non-hydrogen) atoms. The molecule has 0 heterocycles. The SMILES string of the molecule is CPc1cccc(C(=O)OC2C3CC(C4CCCCC43)C2OC(=O)c2cccc(PC)c2)c1. The van der Waals surface area contributed by atoms with Gasteiger partial charge in [0.1, 0.15) is 12.2 Å². The van der Waals surface area contributed by atoms with Gasteiger partial charge in [-0.25, -0.2) is 9.59 Å². The Labute approximate surface area is 199 Å². The van der Waals surface area contributed by atoms with Crippen LogP contribution in [-0.2, 0) is 9.47 Å². The molecule has 0 saturated heterocycles. The fourth-order valence-electron chi connectivity index (χ4n) is 6.45. The summed E-state index contributed by atoms with van der Waals surface area (Å²) in [7, 11) is 1.26. The zero-order valence-electron chi connectivity index (χ0n) is 19.3. The Kier molecular flexibility index (Phi) is 6.86. The van der Waals surface area contributed by atoms with Gasteiger partial charge in [0.15, 0.2) is 0 Å². The van der Waals surface area contributed by atoms with Gasteiger partial charge in [0.2, 0.25) is 0 Å². The molecule has 0 radical (unpaired) electrons. The van der Waals surface area contributed by atoms with Gasteiger partial charge in [-0.15, -0.1) is 0 Å². The van der Waals surface area contributed by atoms with E-state index in [2.05, 4.69) is 13.3 Å². The van der Waals surface area contributed by atoms with Crippen molar-refractivity contribution in [1.29, 1.82) is 0 Å². The Morgan fingerprint density at radius 1 is 0.727 bits per heavy atom. The Morgan fingerprint density at radius 3 is 1.61 bits per heavy atom. The van der Waals surface area contributed by atoms with Crippen LogP contribution in [0.2, 0.25) is 0 Å². The van der Waals surface area contributed by atoms with Crippen LogP contribution in [0.1, 0.15) is 52.8 Å². The Hall–Kier alpha value is -1.76. The lowest BCUT2D eigenvalue weighted by atomic mass is 9.69. The standard InChI is InChI=1S/C27H32O4P2/c1-32-18-9-5-7-16(13-18)26(28)30-24-22-15-23(21-12-4-3-11-20(21)22)25(24)31-27(29)17-8-6-10-19(14-17)33-2/h5-10,13-14,20-25,32-33H,3-4,11-12,15H2,1-2H3. The molecule has 0 amide bonds. The monoisotopic (exact) mass is 482 g/mol. The summed E-state index contributed by atoms with van der Waals surface area (Å²) >= 11 is 0. The summed E-state index contributed by atoms with van der Waals surface area (Å²) in [6.07, 6.45) is 5.19. The Bertz CT molecular complexity index is 957. The van der Waals surface area contributed by atoms with Crippen molar-refractivity contribution in [2.45, 2.75) is 44.3 Å². The molecule has 174 valence electrons. The van der Waals surface area contributed by atoms with Crippen LogP contribution in [0.3, 0.4) is 0 Å². The number of carbonyl (C=O) groups excluding carboxylic acids is 2. The Balaban J connectivity index is 1.39. The molecule has 2 bridgehead atoms. The molecule has 0 spiro atoms. The highest BCUT2D eigenvalue weighted by Gasteiger charge is 2.61. The van der Waals surface area contributed by atoms with E-state index in [4.69, 9.17) is 9.47 Å². The molecule has 3 saturated carbocycles. The van der Waals surface area contributed by atoms with E-state index >= 15 is 0 Å². The van der Waals surface area contributed by atoms with Crippen LogP contribution in [-0.4, -0.2) is 37.5 Å². The van der Waals surface area contributed by atoms with Crippen molar-refractivity contribution in [2.75, 3.05) is 13.3 Å². The maximum atomic E-state index is 13.1. The first-order chi connectivity index (χ1) is 16.1. The van der Waals surface area contributed by atoms with Gasteiger partial charge in [0, 0.05) is 11.8 Å². The molecule has 2 aromatic rings. The van der Waals surface area contributed by atoms with Crippen LogP contribution in [0.25, 0.3) is 0 Å². The van der Waals surface area contributed by atoms with Gasteiger partial charge < -0.3 is 9.47 Å². The fraction of sp³-hybridized carbons (Fsp3) is 0.481. The van der Waals surface area contributed by atoms with Gasteiger partial charge >= 0.3 is 11.9 Å². The van der Waals surface area contributed by atoms with Crippen LogP contribution < -0.4 is 10.6 Å². The zero-order chi connectivity index (χ0) is 22.9. The molecule has 3 aliphatic rings. The first-order valence-corrected chi connectivity index (χ1v) is 15.1. The predicted octanol–water partition coefficient (Wildman–Crippen LogP) is 4.76. The van der Waals surface area contributed by atoms with Crippen molar-refractivity contribution in [2.24, 2.45) is 23.7 Å². The highest BCUT2D eigenvalue weighted by Crippen LogP contribution is 2.59. The van der Waals surface area contributed by atoms with Crippen LogP contribution in [0, 0.1) is 23.7 Å². The predicted molar refractivity (Wildman–Crippen MR) is 136 cm³/mol. The van der Waals surface area contributed by atoms with Gasteiger partial charge in [0.25, 0.3) is 0 Å². The molecular weight excluding hydrogens is 450 g/mol. The highest BCUT2D eigenvalue weighted by molar-refractivity contribution is 7.46. The number of rotatable bonds is 6. The normalized spacial score (nSPS) is 30.7. The van der Waals surface area contributed by atoms with Gasteiger partial charge in [-0.2, -0.15) is 0 Å². The quantitative estimate of drug-likeness (QED) is 0.440. The lowest BCUT2D eigenvalue weighted by Crippen LogP contribution is -2.47. The average Bonchev–Trinajstić information content (AvgIpc) is 3.41. The molecular formula is C27H32O4P2. The summed E-state index contributed by atoms with van der Waals surface area (Å²) in [4.78, 5) is 26.3. The second-order valence-electron chi connectivity index (χ2n) is 9.58. The summed E-state index contributed by atoms with van der Waals surface area (Å²) < 4.78 is 12.3. The van der Waals surface area contributed by atoms with E-state index in [0.29, 0.717) is 52.0 Å². The van der Waals surface area contributed by atoms with Gasteiger partial charge in [-0.3, -0.25) is 0 Å². The van der Waals surface area contributed by atoms with E-state index < -0.39 is 0 Å². The summed E-state index contributed by atoms with van der Waals surface area (Å²) in [6.45, 7) is 4.21. The number of hydrogen-bond acceptors (Lipinski definition) is 4. The van der Waals surface area contributed by atoms with Crippen molar-refractivity contribution in [3.8, 4) is 0 Å². The second-order valence-corrected chi connectivity index (χ2v) is 11.7. The molecule has 8 unspecified atom stereocenters. The van der Waals surface area contributed by atoms with E-state index in [1.165, 1.54) is 25.7 Å². The van der Waals surface area contributed by atoms with Crippen molar-refractivity contribution >= 4 is 39.7 Å². The van der Waals surface area contributed by atoms with Crippen molar-refractivity contribution in [3.05, 3.63) is 59.7 Å².